The van der Waals surface area contributed by atoms with Crippen molar-refractivity contribution in [1.29, 1.82) is 0 Å². The molecule has 0 aliphatic carbocycles. The lowest BCUT2D eigenvalue weighted by Gasteiger charge is -2.20. The van der Waals surface area contributed by atoms with E-state index in [1.54, 1.807) is 0 Å². The summed E-state index contributed by atoms with van der Waals surface area (Å²) in [6.45, 7) is 8.64. The molecule has 8 heteroatoms. The van der Waals surface area contributed by atoms with E-state index in [0.717, 1.165) is 76.2 Å². The van der Waals surface area contributed by atoms with E-state index in [1.165, 1.54) is 0 Å². The number of benzene rings is 1. The Bertz CT molecular complexity index is 709. The lowest BCUT2D eigenvalue weighted by atomic mass is 10.1. The van der Waals surface area contributed by atoms with E-state index >= 15 is 0 Å². The van der Waals surface area contributed by atoms with Gasteiger partial charge in [-0.25, -0.2) is 4.99 Å². The highest BCUT2D eigenvalue weighted by Crippen LogP contribution is 2.11. The summed E-state index contributed by atoms with van der Waals surface area (Å²) in [5.74, 6) is 1.04. The number of amides is 2. The maximum Gasteiger partial charge on any atom is 0.251 e. The topological polar surface area (TPSA) is 85.8 Å². The van der Waals surface area contributed by atoms with Gasteiger partial charge in [-0.1, -0.05) is 31.9 Å². The first kappa shape index (κ1) is 28.2. The van der Waals surface area contributed by atoms with Gasteiger partial charge < -0.3 is 20.9 Å². The molecule has 180 valence electrons. The van der Waals surface area contributed by atoms with Crippen molar-refractivity contribution in [2.45, 2.75) is 65.3 Å². The third-order valence-electron chi connectivity index (χ3n) is 5.36. The summed E-state index contributed by atoms with van der Waals surface area (Å²) < 4.78 is 0. The third-order valence-corrected chi connectivity index (χ3v) is 5.36. The summed E-state index contributed by atoms with van der Waals surface area (Å²) in [7, 11) is 0. The molecule has 0 aromatic heterocycles. The molecule has 0 radical (unpaired) electrons. The van der Waals surface area contributed by atoms with Crippen LogP contribution in [0, 0.1) is 0 Å². The summed E-state index contributed by atoms with van der Waals surface area (Å²) in [6.07, 6.45) is 6.94. The van der Waals surface area contributed by atoms with Gasteiger partial charge in [0.05, 0.1) is 6.54 Å². The van der Waals surface area contributed by atoms with Crippen LogP contribution in [0.1, 0.15) is 74.7 Å². The Morgan fingerprint density at radius 1 is 1.00 bits per heavy atom. The smallest absolute Gasteiger partial charge is 0.251 e. The van der Waals surface area contributed by atoms with Gasteiger partial charge in [0.2, 0.25) is 5.91 Å². The summed E-state index contributed by atoms with van der Waals surface area (Å²) >= 11 is 0. The molecule has 3 N–H and O–H groups in total. The Morgan fingerprint density at radius 2 is 1.75 bits per heavy atom. The fourth-order valence-electron chi connectivity index (χ4n) is 3.51. The Kier molecular flexibility index (Phi) is 14.8. The number of unbranched alkanes of at least 4 members (excludes halogenated alkanes) is 1. The van der Waals surface area contributed by atoms with Crippen molar-refractivity contribution in [3.8, 4) is 0 Å². The lowest BCUT2D eigenvalue weighted by Crippen LogP contribution is -2.39. The van der Waals surface area contributed by atoms with Crippen molar-refractivity contribution >= 4 is 41.8 Å². The quantitative estimate of drug-likeness (QED) is 0.168. The average Bonchev–Trinajstić information content (AvgIpc) is 2.99. The highest BCUT2D eigenvalue weighted by molar-refractivity contribution is 14.0. The minimum absolute atomic E-state index is 0. The Hall–Kier alpha value is -1.84. The molecule has 1 aliphatic rings. The van der Waals surface area contributed by atoms with Crippen molar-refractivity contribution in [2.75, 3.05) is 32.7 Å². The van der Waals surface area contributed by atoms with E-state index in [4.69, 9.17) is 0 Å². The number of rotatable bonds is 11. The predicted octanol–water partition coefficient (Wildman–Crippen LogP) is 3.68. The SMILES string of the molecule is CCCCNC(=O)c1ccc(CN=C(NCC)NCCCN2CCCCCC2=O)cc1.I. The number of halogens is 1. The van der Waals surface area contributed by atoms with Gasteiger partial charge in [0, 0.05) is 44.7 Å². The van der Waals surface area contributed by atoms with Crippen molar-refractivity contribution in [1.82, 2.24) is 20.9 Å². The number of nitrogens with one attached hydrogen (secondary N) is 3. The van der Waals surface area contributed by atoms with Gasteiger partial charge in [-0.2, -0.15) is 0 Å². The molecule has 1 heterocycles. The van der Waals surface area contributed by atoms with Gasteiger partial charge in [-0.15, -0.1) is 24.0 Å². The molecule has 0 saturated carbocycles. The Morgan fingerprint density at radius 3 is 2.47 bits per heavy atom. The molecule has 7 nitrogen and oxygen atoms in total. The van der Waals surface area contributed by atoms with Gasteiger partial charge in [-0.3, -0.25) is 9.59 Å². The zero-order chi connectivity index (χ0) is 22.3. The van der Waals surface area contributed by atoms with Crippen LogP contribution < -0.4 is 16.0 Å². The lowest BCUT2D eigenvalue weighted by molar-refractivity contribution is -0.130. The van der Waals surface area contributed by atoms with Crippen molar-refractivity contribution < 1.29 is 9.59 Å². The molecule has 1 aliphatic heterocycles. The summed E-state index contributed by atoms with van der Waals surface area (Å²) in [6, 6.07) is 7.61. The molecule has 0 atom stereocenters. The van der Waals surface area contributed by atoms with Crippen molar-refractivity contribution in [2.24, 2.45) is 4.99 Å². The van der Waals surface area contributed by atoms with Gasteiger partial charge in [0.1, 0.15) is 0 Å². The number of carbonyl (C=O) groups excluding carboxylic acids is 2. The Balaban J connectivity index is 0.00000512. The molecule has 0 bridgehead atoms. The zero-order valence-corrected chi connectivity index (χ0v) is 22.0. The molecule has 0 spiro atoms. The molecular weight excluding hydrogens is 517 g/mol. The first-order valence-corrected chi connectivity index (χ1v) is 11.8. The molecule has 2 amide bonds. The number of hydrogen-bond acceptors (Lipinski definition) is 3. The summed E-state index contributed by atoms with van der Waals surface area (Å²) in [5.41, 5.74) is 1.73. The van der Waals surface area contributed by atoms with E-state index < -0.39 is 0 Å². The van der Waals surface area contributed by atoms with Crippen LogP contribution in [0.5, 0.6) is 0 Å². The fraction of sp³-hybridized carbons (Fsp3) is 0.625. The largest absolute Gasteiger partial charge is 0.357 e. The second kappa shape index (κ2) is 16.7. The highest BCUT2D eigenvalue weighted by Gasteiger charge is 2.15. The molecule has 32 heavy (non-hydrogen) atoms. The molecule has 1 fully saturated rings. The summed E-state index contributed by atoms with van der Waals surface area (Å²) in [5, 5.41) is 9.55. The number of carbonyl (C=O) groups is 2. The van der Waals surface area contributed by atoms with Crippen LogP contribution in [0.15, 0.2) is 29.3 Å². The first-order chi connectivity index (χ1) is 15.1. The Labute approximate surface area is 210 Å². The van der Waals surface area contributed by atoms with E-state index in [2.05, 4.69) is 27.9 Å². The van der Waals surface area contributed by atoms with Gasteiger partial charge in [0.25, 0.3) is 5.91 Å². The van der Waals surface area contributed by atoms with Crippen molar-refractivity contribution in [3.63, 3.8) is 0 Å². The maximum absolute atomic E-state index is 12.1. The zero-order valence-electron chi connectivity index (χ0n) is 19.6. The molecule has 1 aromatic rings. The minimum Gasteiger partial charge on any atom is -0.357 e. The van der Waals surface area contributed by atoms with Crippen LogP contribution in [-0.2, 0) is 11.3 Å². The van der Waals surface area contributed by atoms with Gasteiger partial charge >= 0.3 is 0 Å². The van der Waals surface area contributed by atoms with E-state index in [-0.39, 0.29) is 29.9 Å². The van der Waals surface area contributed by atoms with Gasteiger partial charge in [-0.05, 0) is 50.3 Å². The summed E-state index contributed by atoms with van der Waals surface area (Å²) in [4.78, 5) is 30.8. The first-order valence-electron chi connectivity index (χ1n) is 11.8. The molecular formula is C24H40IN5O2. The third kappa shape index (κ3) is 10.7. The molecule has 2 rings (SSSR count). The number of guanidine groups is 1. The van der Waals surface area contributed by atoms with E-state index in [1.807, 2.05) is 36.1 Å². The van der Waals surface area contributed by atoms with Crippen LogP contribution in [0.25, 0.3) is 0 Å². The molecule has 1 saturated heterocycles. The van der Waals surface area contributed by atoms with E-state index in [0.29, 0.717) is 31.0 Å². The number of hydrogen-bond donors (Lipinski definition) is 3. The monoisotopic (exact) mass is 557 g/mol. The van der Waals surface area contributed by atoms with Crippen LogP contribution >= 0.6 is 24.0 Å². The normalized spacial score (nSPS) is 14.4. The minimum atomic E-state index is -0.0265. The number of nitrogens with zero attached hydrogens (tertiary/aromatic N) is 2. The molecule has 1 aromatic carbocycles. The van der Waals surface area contributed by atoms with Crippen molar-refractivity contribution in [3.05, 3.63) is 35.4 Å². The highest BCUT2D eigenvalue weighted by atomic mass is 127. The predicted molar refractivity (Wildman–Crippen MR) is 142 cm³/mol. The molecule has 0 unspecified atom stereocenters. The fourth-order valence-corrected chi connectivity index (χ4v) is 3.51. The second-order valence-electron chi connectivity index (χ2n) is 7.97. The van der Waals surface area contributed by atoms with Gasteiger partial charge in [0.15, 0.2) is 5.96 Å². The average molecular weight is 558 g/mol. The second-order valence-corrected chi connectivity index (χ2v) is 7.97. The van der Waals surface area contributed by atoms with Crippen LogP contribution in [0.2, 0.25) is 0 Å². The maximum atomic E-state index is 12.1. The van der Waals surface area contributed by atoms with Crippen LogP contribution in [-0.4, -0.2) is 55.4 Å². The van der Waals surface area contributed by atoms with Crippen LogP contribution in [0.4, 0.5) is 0 Å². The van der Waals surface area contributed by atoms with E-state index in [9.17, 15) is 9.59 Å². The van der Waals surface area contributed by atoms with Crippen LogP contribution in [0.3, 0.4) is 0 Å². The number of likely N-dealkylation sites (tertiary alicyclic amines) is 1. The number of aliphatic imine (C=N–C) groups is 1. The standard InChI is InChI=1S/C24H39N5O2.HI/c1-3-5-15-26-23(31)21-13-11-20(12-14-21)19-28-24(25-4-2)27-16-9-18-29-17-8-6-7-10-22(29)30;/h11-14H,3-10,15-19H2,1-2H3,(H,26,31)(H2,25,27,28);1H.